The van der Waals surface area contributed by atoms with Gasteiger partial charge in [0, 0.05) is 6.04 Å². The van der Waals surface area contributed by atoms with Gasteiger partial charge in [0.15, 0.2) is 0 Å². The lowest BCUT2D eigenvalue weighted by atomic mass is 9.84. The molecule has 1 N–H and O–H groups in total. The Morgan fingerprint density at radius 3 is 2.58 bits per heavy atom. The summed E-state index contributed by atoms with van der Waals surface area (Å²) in [6.45, 7) is 7.74. The highest BCUT2D eigenvalue weighted by molar-refractivity contribution is 5.74. The second-order valence-corrected chi connectivity index (χ2v) is 7.60. The Labute approximate surface area is 117 Å². The lowest BCUT2D eigenvalue weighted by molar-refractivity contribution is -0.142. The van der Waals surface area contributed by atoms with Crippen molar-refractivity contribution in [1.82, 2.24) is 4.90 Å². The van der Waals surface area contributed by atoms with Crippen LogP contribution in [-0.2, 0) is 4.79 Å². The van der Waals surface area contributed by atoms with Gasteiger partial charge in [-0.3, -0.25) is 9.69 Å². The number of carbonyl (C=O) groups is 1. The number of hydrogen-bond acceptors (Lipinski definition) is 2. The van der Waals surface area contributed by atoms with Crippen molar-refractivity contribution in [1.29, 1.82) is 0 Å². The average molecular weight is 267 g/mol. The number of likely N-dealkylation sites (tertiary alicyclic amines) is 1. The van der Waals surface area contributed by atoms with Gasteiger partial charge in [-0.25, -0.2) is 0 Å². The Balaban J connectivity index is 1.95. The molecule has 2 aliphatic rings. The molecule has 0 aromatic rings. The summed E-state index contributed by atoms with van der Waals surface area (Å²) in [5.74, 6) is 0.0367. The summed E-state index contributed by atoms with van der Waals surface area (Å²) in [5.41, 5.74) is 0.352. The maximum atomic E-state index is 11.5. The van der Waals surface area contributed by atoms with Crippen LogP contribution < -0.4 is 0 Å². The van der Waals surface area contributed by atoms with E-state index in [1.807, 2.05) is 0 Å². The second-order valence-electron chi connectivity index (χ2n) is 7.60. The van der Waals surface area contributed by atoms with Crippen molar-refractivity contribution in [3.05, 3.63) is 0 Å². The van der Waals surface area contributed by atoms with E-state index >= 15 is 0 Å². The number of hydrogen-bond donors (Lipinski definition) is 1. The molecule has 3 atom stereocenters. The first-order chi connectivity index (χ1) is 8.88. The van der Waals surface area contributed by atoms with E-state index in [0.717, 1.165) is 19.4 Å². The smallest absolute Gasteiger partial charge is 0.320 e. The Kier molecular flexibility index (Phi) is 4.54. The van der Waals surface area contributed by atoms with Crippen molar-refractivity contribution in [3.63, 3.8) is 0 Å². The molecule has 0 bridgehead atoms. The molecule has 1 aliphatic heterocycles. The predicted molar refractivity (Wildman–Crippen MR) is 77.2 cm³/mol. The average Bonchev–Trinajstić information content (AvgIpc) is 2.67. The molecule has 3 unspecified atom stereocenters. The number of nitrogens with zero attached hydrogens (tertiary/aromatic N) is 1. The minimum atomic E-state index is -0.606. The molecular formula is C16H29NO2. The summed E-state index contributed by atoms with van der Waals surface area (Å²) >= 11 is 0. The third kappa shape index (κ3) is 3.71. The van der Waals surface area contributed by atoms with Crippen LogP contribution in [0.5, 0.6) is 0 Å². The number of carboxylic acid groups (broad SMARTS) is 1. The lowest BCUT2D eigenvalue weighted by Gasteiger charge is -2.33. The van der Waals surface area contributed by atoms with Crippen LogP contribution in [0, 0.1) is 11.3 Å². The molecule has 0 radical (unpaired) electrons. The molecule has 1 heterocycles. The Bertz CT molecular complexity index is 321. The van der Waals surface area contributed by atoms with Crippen molar-refractivity contribution < 1.29 is 9.90 Å². The quantitative estimate of drug-likeness (QED) is 0.847. The van der Waals surface area contributed by atoms with Crippen LogP contribution in [0.2, 0.25) is 0 Å². The van der Waals surface area contributed by atoms with E-state index in [1.54, 1.807) is 0 Å². The van der Waals surface area contributed by atoms with Crippen molar-refractivity contribution in [3.8, 4) is 0 Å². The third-order valence-electron chi connectivity index (χ3n) is 4.85. The number of carboxylic acids is 1. The van der Waals surface area contributed by atoms with Crippen LogP contribution in [0.1, 0.15) is 65.7 Å². The number of rotatable bonds is 4. The highest BCUT2D eigenvalue weighted by Crippen LogP contribution is 2.40. The van der Waals surface area contributed by atoms with E-state index in [9.17, 15) is 9.90 Å². The van der Waals surface area contributed by atoms with Gasteiger partial charge in [0.05, 0.1) is 0 Å². The summed E-state index contributed by atoms with van der Waals surface area (Å²) < 4.78 is 0. The fraction of sp³-hybridized carbons (Fsp3) is 0.938. The monoisotopic (exact) mass is 267 g/mol. The van der Waals surface area contributed by atoms with Crippen LogP contribution in [-0.4, -0.2) is 34.6 Å². The fourth-order valence-electron chi connectivity index (χ4n) is 3.91. The van der Waals surface area contributed by atoms with E-state index in [4.69, 9.17) is 0 Å². The Hall–Kier alpha value is -0.570. The maximum absolute atomic E-state index is 11.5. The summed E-state index contributed by atoms with van der Waals surface area (Å²) in [7, 11) is 0. The first-order valence-electron chi connectivity index (χ1n) is 7.87. The van der Waals surface area contributed by atoms with Gasteiger partial charge < -0.3 is 5.11 Å². The molecule has 3 heteroatoms. The summed E-state index contributed by atoms with van der Waals surface area (Å²) in [6, 6.07) is 0.336. The van der Waals surface area contributed by atoms with Gasteiger partial charge in [-0.2, -0.15) is 0 Å². The van der Waals surface area contributed by atoms with Gasteiger partial charge >= 0.3 is 5.97 Å². The molecule has 19 heavy (non-hydrogen) atoms. The Morgan fingerprint density at radius 1 is 1.26 bits per heavy atom. The summed E-state index contributed by atoms with van der Waals surface area (Å²) in [4.78, 5) is 13.8. The van der Waals surface area contributed by atoms with Gasteiger partial charge in [0.1, 0.15) is 6.04 Å². The van der Waals surface area contributed by atoms with Crippen LogP contribution in [0.3, 0.4) is 0 Å². The van der Waals surface area contributed by atoms with Crippen LogP contribution in [0.4, 0.5) is 0 Å². The molecule has 0 aromatic carbocycles. The zero-order valence-electron chi connectivity index (χ0n) is 12.7. The third-order valence-corrected chi connectivity index (χ3v) is 4.85. The van der Waals surface area contributed by atoms with Crippen molar-refractivity contribution in [2.45, 2.75) is 77.8 Å². The van der Waals surface area contributed by atoms with E-state index in [1.165, 1.54) is 32.1 Å². The van der Waals surface area contributed by atoms with E-state index in [0.29, 0.717) is 17.4 Å². The summed E-state index contributed by atoms with van der Waals surface area (Å²) in [6.07, 6.45) is 8.21. The fourth-order valence-corrected chi connectivity index (χ4v) is 3.91. The zero-order valence-corrected chi connectivity index (χ0v) is 12.7. The Morgan fingerprint density at radius 2 is 1.95 bits per heavy atom. The highest BCUT2D eigenvalue weighted by atomic mass is 16.4. The van der Waals surface area contributed by atoms with E-state index in [2.05, 4.69) is 25.7 Å². The first kappa shape index (κ1) is 14.8. The first-order valence-corrected chi connectivity index (χ1v) is 7.87. The normalized spacial score (nSPS) is 32.3. The molecule has 110 valence electrons. The molecule has 0 amide bonds. The molecular weight excluding hydrogens is 238 g/mol. The minimum Gasteiger partial charge on any atom is -0.480 e. The molecule has 0 aromatic heterocycles. The highest BCUT2D eigenvalue weighted by Gasteiger charge is 2.44. The minimum absolute atomic E-state index is 0.215. The zero-order chi connectivity index (χ0) is 14.0. The molecule has 2 rings (SSSR count). The van der Waals surface area contributed by atoms with Gasteiger partial charge in [0.2, 0.25) is 0 Å². The van der Waals surface area contributed by atoms with E-state index < -0.39 is 5.97 Å². The number of aliphatic carboxylic acids is 1. The molecule has 1 aliphatic carbocycles. The van der Waals surface area contributed by atoms with Crippen molar-refractivity contribution >= 4 is 5.97 Å². The molecule has 1 saturated heterocycles. The topological polar surface area (TPSA) is 40.5 Å². The number of fused-ring (bicyclic) bond motifs is 1. The molecule has 1 saturated carbocycles. The lowest BCUT2D eigenvalue weighted by Crippen LogP contribution is -2.42. The maximum Gasteiger partial charge on any atom is 0.320 e. The second kappa shape index (κ2) is 5.82. The van der Waals surface area contributed by atoms with Gasteiger partial charge in [-0.15, -0.1) is 0 Å². The largest absolute Gasteiger partial charge is 0.480 e. The van der Waals surface area contributed by atoms with E-state index in [-0.39, 0.29) is 6.04 Å². The molecule has 3 nitrogen and oxygen atoms in total. The van der Waals surface area contributed by atoms with Gasteiger partial charge in [0.25, 0.3) is 0 Å². The van der Waals surface area contributed by atoms with Crippen LogP contribution in [0.25, 0.3) is 0 Å². The van der Waals surface area contributed by atoms with Crippen molar-refractivity contribution in [2.24, 2.45) is 11.3 Å². The summed E-state index contributed by atoms with van der Waals surface area (Å²) in [5, 5.41) is 9.45. The van der Waals surface area contributed by atoms with Crippen LogP contribution in [0.15, 0.2) is 0 Å². The van der Waals surface area contributed by atoms with Crippen LogP contribution >= 0.6 is 0 Å². The van der Waals surface area contributed by atoms with Gasteiger partial charge in [-0.1, -0.05) is 33.6 Å². The predicted octanol–water partition coefficient (Wildman–Crippen LogP) is 3.53. The van der Waals surface area contributed by atoms with Crippen molar-refractivity contribution in [2.75, 3.05) is 6.54 Å². The standard InChI is InChI=1S/C16H29NO2/c1-16(2,3)9-6-10-17-13-8-5-4-7-12(13)11-14(17)15(18)19/h12-14H,4-11H2,1-3H3,(H,18,19). The molecule has 2 fully saturated rings. The SMILES string of the molecule is CC(C)(C)CCCN1C(C(=O)O)CC2CCCCC21. The molecule has 0 spiro atoms. The van der Waals surface area contributed by atoms with Gasteiger partial charge in [-0.05, 0) is 50.0 Å².